The standard InChI is InChI=1S/C11H13N3O4/c1-11(16)5-13(6-11)8-3-2-7(10(12)15)4-9(8)14(17)18/h2-4,16H,5-6H2,1H3,(H2,12,15). The molecule has 0 aliphatic carbocycles. The van der Waals surface area contributed by atoms with Crippen molar-refractivity contribution in [3.05, 3.63) is 33.9 Å². The molecular formula is C11H13N3O4. The zero-order chi connectivity index (χ0) is 13.5. The summed E-state index contributed by atoms with van der Waals surface area (Å²) in [7, 11) is 0. The van der Waals surface area contributed by atoms with E-state index in [2.05, 4.69) is 0 Å². The van der Waals surface area contributed by atoms with Crippen molar-refractivity contribution in [1.82, 2.24) is 0 Å². The normalized spacial score (nSPS) is 17.1. The second kappa shape index (κ2) is 3.95. The first-order valence-corrected chi connectivity index (χ1v) is 5.36. The van der Waals surface area contributed by atoms with Gasteiger partial charge in [0.2, 0.25) is 5.91 Å². The minimum absolute atomic E-state index is 0.0951. The number of hydrogen-bond acceptors (Lipinski definition) is 5. The van der Waals surface area contributed by atoms with Gasteiger partial charge in [0.15, 0.2) is 0 Å². The van der Waals surface area contributed by atoms with Gasteiger partial charge in [-0.15, -0.1) is 0 Å². The molecule has 0 bridgehead atoms. The molecule has 1 aliphatic rings. The number of β-amino-alcohol motifs (C(OH)–C–C–N with tert-alkyl or cyclic N) is 1. The fourth-order valence-corrected chi connectivity index (χ4v) is 2.04. The second-order valence-corrected chi connectivity index (χ2v) is 4.68. The number of nitrogens with two attached hydrogens (primary N) is 1. The van der Waals surface area contributed by atoms with Crippen molar-refractivity contribution in [2.24, 2.45) is 5.73 Å². The number of primary amides is 1. The molecule has 7 nitrogen and oxygen atoms in total. The van der Waals surface area contributed by atoms with Crippen LogP contribution in [0.5, 0.6) is 0 Å². The van der Waals surface area contributed by atoms with E-state index in [1.807, 2.05) is 0 Å². The van der Waals surface area contributed by atoms with Gasteiger partial charge in [-0.2, -0.15) is 0 Å². The number of amides is 1. The van der Waals surface area contributed by atoms with Gasteiger partial charge < -0.3 is 15.7 Å². The maximum Gasteiger partial charge on any atom is 0.293 e. The van der Waals surface area contributed by atoms with Crippen LogP contribution in [-0.4, -0.2) is 34.6 Å². The molecule has 0 aromatic heterocycles. The quantitative estimate of drug-likeness (QED) is 0.591. The van der Waals surface area contributed by atoms with E-state index in [4.69, 9.17) is 5.73 Å². The van der Waals surface area contributed by atoms with Crippen molar-refractivity contribution in [3.63, 3.8) is 0 Å². The van der Waals surface area contributed by atoms with E-state index in [9.17, 15) is 20.0 Å². The summed E-state index contributed by atoms with van der Waals surface area (Å²) in [6, 6.07) is 4.08. The largest absolute Gasteiger partial charge is 0.386 e. The number of hydrogen-bond donors (Lipinski definition) is 2. The minimum atomic E-state index is -0.823. The second-order valence-electron chi connectivity index (χ2n) is 4.68. The summed E-state index contributed by atoms with van der Waals surface area (Å²) in [5.74, 6) is -0.708. The lowest BCUT2D eigenvalue weighted by Gasteiger charge is -2.45. The Morgan fingerprint density at radius 3 is 2.61 bits per heavy atom. The maximum absolute atomic E-state index is 11.0. The van der Waals surface area contributed by atoms with Gasteiger partial charge in [-0.05, 0) is 19.1 Å². The average Bonchev–Trinajstić information content (AvgIpc) is 2.24. The first-order chi connectivity index (χ1) is 8.30. The monoisotopic (exact) mass is 251 g/mol. The van der Waals surface area contributed by atoms with Crippen LogP contribution in [-0.2, 0) is 0 Å². The molecule has 0 radical (unpaired) electrons. The molecule has 1 aromatic carbocycles. The summed E-state index contributed by atoms with van der Waals surface area (Å²) in [4.78, 5) is 23.1. The summed E-state index contributed by atoms with van der Waals surface area (Å²) in [5.41, 5.74) is 4.56. The molecule has 1 fully saturated rings. The predicted molar refractivity (Wildman–Crippen MR) is 64.5 cm³/mol. The Morgan fingerprint density at radius 1 is 1.56 bits per heavy atom. The molecule has 0 unspecified atom stereocenters. The molecule has 2 rings (SSSR count). The van der Waals surface area contributed by atoms with Crippen molar-refractivity contribution >= 4 is 17.3 Å². The Labute approximate surface area is 103 Å². The molecule has 1 aliphatic heterocycles. The van der Waals surface area contributed by atoms with Gasteiger partial charge in [0.1, 0.15) is 5.69 Å². The predicted octanol–water partition coefficient (Wildman–Crippen LogP) is 0.265. The molecule has 18 heavy (non-hydrogen) atoms. The van der Waals surface area contributed by atoms with Crippen LogP contribution in [0.15, 0.2) is 18.2 Å². The smallest absolute Gasteiger partial charge is 0.293 e. The lowest BCUT2D eigenvalue weighted by atomic mass is 9.95. The number of anilines is 1. The number of benzene rings is 1. The third kappa shape index (κ3) is 2.12. The maximum atomic E-state index is 11.0. The molecule has 7 heteroatoms. The van der Waals surface area contributed by atoms with Crippen molar-refractivity contribution in [2.75, 3.05) is 18.0 Å². The number of nitro groups is 1. The summed E-state index contributed by atoms with van der Waals surface area (Å²) in [6.45, 7) is 2.31. The van der Waals surface area contributed by atoms with E-state index in [0.29, 0.717) is 18.8 Å². The van der Waals surface area contributed by atoms with Crippen molar-refractivity contribution in [3.8, 4) is 0 Å². The SMILES string of the molecule is CC1(O)CN(c2ccc(C(N)=O)cc2[N+](=O)[O-])C1. The number of aliphatic hydroxyl groups is 1. The minimum Gasteiger partial charge on any atom is -0.386 e. The highest BCUT2D eigenvalue weighted by atomic mass is 16.6. The van der Waals surface area contributed by atoms with E-state index in [-0.39, 0.29) is 11.3 Å². The highest BCUT2D eigenvalue weighted by Crippen LogP contribution is 2.35. The number of nitro benzene ring substituents is 1. The highest BCUT2D eigenvalue weighted by molar-refractivity contribution is 5.94. The lowest BCUT2D eigenvalue weighted by molar-refractivity contribution is -0.384. The lowest BCUT2D eigenvalue weighted by Crippen LogP contribution is -2.60. The van der Waals surface area contributed by atoms with E-state index in [0.717, 1.165) is 6.07 Å². The first-order valence-electron chi connectivity index (χ1n) is 5.36. The Bertz CT molecular complexity index is 519. The van der Waals surface area contributed by atoms with Crippen LogP contribution in [0.2, 0.25) is 0 Å². The Hall–Kier alpha value is -2.15. The third-order valence-corrected chi connectivity index (χ3v) is 2.86. The Morgan fingerprint density at radius 2 is 2.17 bits per heavy atom. The molecule has 1 saturated heterocycles. The zero-order valence-corrected chi connectivity index (χ0v) is 9.79. The number of nitrogens with zero attached hydrogens (tertiary/aromatic N) is 2. The molecule has 0 atom stereocenters. The summed E-state index contributed by atoms with van der Waals surface area (Å²) < 4.78 is 0. The summed E-state index contributed by atoms with van der Waals surface area (Å²) >= 11 is 0. The fraction of sp³-hybridized carbons (Fsp3) is 0.364. The molecule has 0 saturated carbocycles. The average molecular weight is 251 g/mol. The van der Waals surface area contributed by atoms with Gasteiger partial charge in [-0.25, -0.2) is 0 Å². The number of rotatable bonds is 3. The fourth-order valence-electron chi connectivity index (χ4n) is 2.04. The third-order valence-electron chi connectivity index (χ3n) is 2.86. The summed E-state index contributed by atoms with van der Waals surface area (Å²) in [5, 5.41) is 20.6. The Balaban J connectivity index is 2.36. The van der Waals surface area contributed by atoms with Crippen molar-refractivity contribution in [1.29, 1.82) is 0 Å². The van der Waals surface area contributed by atoms with Crippen LogP contribution < -0.4 is 10.6 Å². The summed E-state index contributed by atoms with van der Waals surface area (Å²) in [6.07, 6.45) is 0. The van der Waals surface area contributed by atoms with Gasteiger partial charge in [-0.1, -0.05) is 0 Å². The highest BCUT2D eigenvalue weighted by Gasteiger charge is 2.39. The van der Waals surface area contributed by atoms with E-state index in [1.54, 1.807) is 11.8 Å². The van der Waals surface area contributed by atoms with E-state index < -0.39 is 16.4 Å². The van der Waals surface area contributed by atoms with Crippen molar-refractivity contribution < 1.29 is 14.8 Å². The number of carbonyl (C=O) groups excluding carboxylic acids is 1. The van der Waals surface area contributed by atoms with Gasteiger partial charge in [0.05, 0.1) is 10.5 Å². The van der Waals surface area contributed by atoms with Crippen molar-refractivity contribution in [2.45, 2.75) is 12.5 Å². The molecule has 1 heterocycles. The zero-order valence-electron chi connectivity index (χ0n) is 9.79. The molecule has 1 amide bonds. The van der Waals surface area contributed by atoms with Crippen LogP contribution in [0.1, 0.15) is 17.3 Å². The molecular weight excluding hydrogens is 238 g/mol. The van der Waals surface area contributed by atoms with Gasteiger partial charge in [-0.3, -0.25) is 14.9 Å². The van der Waals surface area contributed by atoms with Crippen LogP contribution in [0.4, 0.5) is 11.4 Å². The molecule has 1 aromatic rings. The van der Waals surface area contributed by atoms with E-state index in [1.165, 1.54) is 12.1 Å². The first kappa shape index (κ1) is 12.3. The van der Waals surface area contributed by atoms with Gasteiger partial charge in [0, 0.05) is 24.7 Å². The van der Waals surface area contributed by atoms with Gasteiger partial charge in [0.25, 0.3) is 5.69 Å². The molecule has 0 spiro atoms. The topological polar surface area (TPSA) is 110 Å². The van der Waals surface area contributed by atoms with Crippen LogP contribution in [0.25, 0.3) is 0 Å². The van der Waals surface area contributed by atoms with E-state index >= 15 is 0 Å². The molecule has 3 N–H and O–H groups in total. The van der Waals surface area contributed by atoms with Crippen LogP contribution in [0.3, 0.4) is 0 Å². The van der Waals surface area contributed by atoms with Crippen LogP contribution in [0, 0.1) is 10.1 Å². The Kier molecular flexibility index (Phi) is 2.70. The van der Waals surface area contributed by atoms with Gasteiger partial charge >= 0.3 is 0 Å². The van der Waals surface area contributed by atoms with Crippen LogP contribution >= 0.6 is 0 Å². The number of carbonyl (C=O) groups is 1. The molecule has 96 valence electrons.